The minimum atomic E-state index is -0.191. The average molecular weight is 293 g/mol. The molecule has 0 aromatic carbocycles. The zero-order chi connectivity index (χ0) is 14.4. The maximum atomic E-state index is 11.9. The largest absolute Gasteiger partial charge is 0.340 e. The van der Waals surface area contributed by atoms with E-state index in [2.05, 4.69) is 10.1 Å². The molecule has 1 amide bonds. The van der Waals surface area contributed by atoms with Gasteiger partial charge in [-0.25, -0.2) is 4.98 Å². The molecule has 0 aliphatic carbocycles. The standard InChI is InChI=1S/C12H15N5O2S/c1-7-4-9(18)17-11(13-7)20-12(14-17)16-5-8(2)15(3)10(19)6-16/h4,8H,5-6H2,1-3H3. The minimum absolute atomic E-state index is 0.0551. The molecule has 0 bridgehead atoms. The Morgan fingerprint density at radius 2 is 2.15 bits per heavy atom. The Kier molecular flexibility index (Phi) is 2.97. The Balaban J connectivity index is 2.01. The van der Waals surface area contributed by atoms with Gasteiger partial charge in [0, 0.05) is 31.4 Å². The fraction of sp³-hybridized carbons (Fsp3) is 0.500. The van der Waals surface area contributed by atoms with E-state index in [9.17, 15) is 9.59 Å². The number of fused-ring (bicyclic) bond motifs is 1. The highest BCUT2D eigenvalue weighted by atomic mass is 32.1. The molecule has 1 fully saturated rings. The van der Waals surface area contributed by atoms with Crippen molar-refractivity contribution >= 4 is 27.3 Å². The second kappa shape index (κ2) is 4.55. The summed E-state index contributed by atoms with van der Waals surface area (Å²) in [5.41, 5.74) is 0.483. The van der Waals surface area contributed by atoms with Gasteiger partial charge in [0.2, 0.25) is 16.0 Å². The number of hydrogen-bond donors (Lipinski definition) is 0. The van der Waals surface area contributed by atoms with Crippen LogP contribution in [0.4, 0.5) is 5.13 Å². The third-order valence-electron chi connectivity index (χ3n) is 3.50. The topological polar surface area (TPSA) is 70.8 Å². The minimum Gasteiger partial charge on any atom is -0.340 e. The summed E-state index contributed by atoms with van der Waals surface area (Å²) in [6.07, 6.45) is 0. The van der Waals surface area contributed by atoms with E-state index in [4.69, 9.17) is 0 Å². The molecule has 1 unspecified atom stereocenters. The number of likely N-dealkylation sites (N-methyl/N-ethyl adjacent to an activating group) is 1. The molecule has 1 atom stereocenters. The number of piperazine rings is 1. The van der Waals surface area contributed by atoms with Gasteiger partial charge in [-0.05, 0) is 13.8 Å². The van der Waals surface area contributed by atoms with E-state index >= 15 is 0 Å². The van der Waals surface area contributed by atoms with Crippen molar-refractivity contribution in [1.82, 2.24) is 19.5 Å². The highest BCUT2D eigenvalue weighted by Gasteiger charge is 2.29. The van der Waals surface area contributed by atoms with Crippen LogP contribution in [-0.4, -0.2) is 51.6 Å². The first kappa shape index (κ1) is 13.0. The molecule has 1 saturated heterocycles. The summed E-state index contributed by atoms with van der Waals surface area (Å²) in [6, 6.07) is 1.57. The lowest BCUT2D eigenvalue weighted by Crippen LogP contribution is -2.53. The number of carbonyl (C=O) groups excluding carboxylic acids is 1. The van der Waals surface area contributed by atoms with Crippen LogP contribution in [0.3, 0.4) is 0 Å². The summed E-state index contributed by atoms with van der Waals surface area (Å²) < 4.78 is 1.29. The first-order valence-corrected chi connectivity index (χ1v) is 7.15. The number of amides is 1. The summed E-state index contributed by atoms with van der Waals surface area (Å²) in [5, 5.41) is 4.95. The molecule has 0 N–H and O–H groups in total. The van der Waals surface area contributed by atoms with Crippen LogP contribution >= 0.6 is 11.3 Å². The fourth-order valence-electron chi connectivity index (χ4n) is 2.21. The lowest BCUT2D eigenvalue weighted by atomic mass is 10.2. The quantitative estimate of drug-likeness (QED) is 0.747. The van der Waals surface area contributed by atoms with Gasteiger partial charge in [0.25, 0.3) is 5.56 Å². The molecule has 20 heavy (non-hydrogen) atoms. The van der Waals surface area contributed by atoms with E-state index in [1.165, 1.54) is 21.9 Å². The van der Waals surface area contributed by atoms with Crippen molar-refractivity contribution in [1.29, 1.82) is 0 Å². The molecule has 2 aromatic rings. The van der Waals surface area contributed by atoms with Crippen LogP contribution in [0.25, 0.3) is 4.96 Å². The summed E-state index contributed by atoms with van der Waals surface area (Å²) in [7, 11) is 1.80. The summed E-state index contributed by atoms with van der Waals surface area (Å²) in [5.74, 6) is 0.0551. The lowest BCUT2D eigenvalue weighted by Gasteiger charge is -2.36. The van der Waals surface area contributed by atoms with E-state index in [0.29, 0.717) is 22.3 Å². The van der Waals surface area contributed by atoms with Crippen molar-refractivity contribution in [3.05, 3.63) is 22.1 Å². The Hall–Kier alpha value is -1.96. The highest BCUT2D eigenvalue weighted by molar-refractivity contribution is 7.20. The molecule has 3 rings (SSSR count). The predicted molar refractivity (Wildman–Crippen MR) is 76.3 cm³/mol. The summed E-state index contributed by atoms with van der Waals surface area (Å²) in [6.45, 7) is 4.76. The van der Waals surface area contributed by atoms with Gasteiger partial charge in [0.15, 0.2) is 0 Å². The maximum Gasteiger partial charge on any atom is 0.275 e. The smallest absolute Gasteiger partial charge is 0.275 e. The Morgan fingerprint density at radius 1 is 1.40 bits per heavy atom. The van der Waals surface area contributed by atoms with Gasteiger partial charge < -0.3 is 9.80 Å². The Bertz CT molecular complexity index is 737. The van der Waals surface area contributed by atoms with Crippen molar-refractivity contribution in [3.8, 4) is 0 Å². The number of rotatable bonds is 1. The van der Waals surface area contributed by atoms with Gasteiger partial charge in [0.1, 0.15) is 0 Å². The number of hydrogen-bond acceptors (Lipinski definition) is 6. The van der Waals surface area contributed by atoms with Crippen molar-refractivity contribution in [2.75, 3.05) is 25.0 Å². The lowest BCUT2D eigenvalue weighted by molar-refractivity contribution is -0.131. The van der Waals surface area contributed by atoms with Gasteiger partial charge in [-0.1, -0.05) is 11.3 Å². The molecule has 0 radical (unpaired) electrons. The van der Waals surface area contributed by atoms with E-state index in [1.807, 2.05) is 11.8 Å². The van der Waals surface area contributed by atoms with Crippen molar-refractivity contribution in [3.63, 3.8) is 0 Å². The van der Waals surface area contributed by atoms with Gasteiger partial charge in [-0.15, -0.1) is 5.10 Å². The second-order valence-electron chi connectivity index (χ2n) is 5.05. The maximum absolute atomic E-state index is 11.9. The molecule has 7 nitrogen and oxygen atoms in total. The van der Waals surface area contributed by atoms with Crippen LogP contribution in [0.5, 0.6) is 0 Å². The summed E-state index contributed by atoms with van der Waals surface area (Å²) >= 11 is 1.33. The van der Waals surface area contributed by atoms with Crippen LogP contribution in [0.1, 0.15) is 12.6 Å². The fourth-order valence-corrected chi connectivity index (χ4v) is 3.17. The van der Waals surface area contributed by atoms with Crippen LogP contribution in [-0.2, 0) is 4.79 Å². The molecule has 3 heterocycles. The summed E-state index contributed by atoms with van der Waals surface area (Å²) in [4.78, 5) is 32.3. The molecule has 1 aliphatic rings. The van der Waals surface area contributed by atoms with Crippen LogP contribution < -0.4 is 10.5 Å². The zero-order valence-corrected chi connectivity index (χ0v) is 12.3. The molecular formula is C12H15N5O2S. The third kappa shape index (κ3) is 2.05. The second-order valence-corrected chi connectivity index (χ2v) is 5.98. The van der Waals surface area contributed by atoms with Crippen LogP contribution in [0.2, 0.25) is 0 Å². The van der Waals surface area contributed by atoms with E-state index in [0.717, 1.165) is 0 Å². The van der Waals surface area contributed by atoms with E-state index in [1.54, 1.807) is 18.9 Å². The number of aryl methyl sites for hydroxylation is 1. The molecule has 2 aromatic heterocycles. The first-order valence-electron chi connectivity index (χ1n) is 6.34. The van der Waals surface area contributed by atoms with Gasteiger partial charge >= 0.3 is 0 Å². The molecule has 0 saturated carbocycles. The molecule has 106 valence electrons. The molecule has 8 heteroatoms. The van der Waals surface area contributed by atoms with Gasteiger partial charge in [-0.2, -0.15) is 4.52 Å². The van der Waals surface area contributed by atoms with Crippen LogP contribution in [0.15, 0.2) is 10.9 Å². The Morgan fingerprint density at radius 3 is 2.85 bits per heavy atom. The monoisotopic (exact) mass is 293 g/mol. The zero-order valence-electron chi connectivity index (χ0n) is 11.5. The number of carbonyl (C=O) groups is 1. The van der Waals surface area contributed by atoms with Crippen molar-refractivity contribution < 1.29 is 4.79 Å². The SMILES string of the molecule is Cc1cc(=O)n2nc(N3CC(=O)N(C)C(C)C3)sc2n1. The Labute approximate surface area is 119 Å². The van der Waals surface area contributed by atoms with E-state index in [-0.39, 0.29) is 24.1 Å². The predicted octanol–water partition coefficient (Wildman–Crippen LogP) is 0.126. The average Bonchev–Trinajstić information content (AvgIpc) is 2.79. The third-order valence-corrected chi connectivity index (χ3v) is 4.47. The number of nitrogens with zero attached hydrogens (tertiary/aromatic N) is 5. The molecule has 0 spiro atoms. The molecular weight excluding hydrogens is 278 g/mol. The van der Waals surface area contributed by atoms with Crippen LogP contribution in [0, 0.1) is 6.92 Å². The normalized spacial score (nSPS) is 19.9. The van der Waals surface area contributed by atoms with Gasteiger partial charge in [0.05, 0.1) is 6.54 Å². The van der Waals surface area contributed by atoms with E-state index < -0.39 is 0 Å². The molecule has 1 aliphatic heterocycles. The van der Waals surface area contributed by atoms with Gasteiger partial charge in [-0.3, -0.25) is 9.59 Å². The number of aromatic nitrogens is 3. The van der Waals surface area contributed by atoms with Crippen molar-refractivity contribution in [2.24, 2.45) is 0 Å². The first-order chi connectivity index (χ1) is 9.45. The van der Waals surface area contributed by atoms with Crippen molar-refractivity contribution in [2.45, 2.75) is 19.9 Å². The number of anilines is 1. The highest BCUT2D eigenvalue weighted by Crippen LogP contribution is 2.24.